The lowest BCUT2D eigenvalue weighted by molar-refractivity contribution is -0.117. The van der Waals surface area contributed by atoms with Gasteiger partial charge in [0.15, 0.2) is 0 Å². The molecule has 2 rings (SSSR count). The van der Waals surface area contributed by atoms with Gasteiger partial charge in [-0.3, -0.25) is 9.69 Å². The van der Waals surface area contributed by atoms with E-state index in [2.05, 4.69) is 5.32 Å². The highest BCUT2D eigenvalue weighted by Gasteiger charge is 2.29. The van der Waals surface area contributed by atoms with Crippen LogP contribution in [0.25, 0.3) is 0 Å². The molecule has 1 N–H and O–H groups in total. The molecule has 0 atom stereocenters. The lowest BCUT2D eigenvalue weighted by Gasteiger charge is -2.34. The third-order valence-electron chi connectivity index (χ3n) is 3.94. The average molecular weight is 375 g/mol. The third-order valence-corrected chi connectivity index (χ3v) is 6.29. The molecule has 0 aromatic heterocycles. The number of hydrogen-bond acceptors (Lipinski definition) is 4. The van der Waals surface area contributed by atoms with E-state index in [0.29, 0.717) is 36.9 Å². The van der Waals surface area contributed by atoms with Crippen LogP contribution in [0.3, 0.4) is 0 Å². The molecule has 1 aromatic carbocycles. The van der Waals surface area contributed by atoms with Crippen molar-refractivity contribution in [1.82, 2.24) is 13.5 Å². The lowest BCUT2D eigenvalue weighted by Crippen LogP contribution is -2.52. The van der Waals surface area contributed by atoms with Crippen molar-refractivity contribution in [3.05, 3.63) is 28.8 Å². The minimum absolute atomic E-state index is 0.140. The second-order valence-electron chi connectivity index (χ2n) is 5.98. The summed E-state index contributed by atoms with van der Waals surface area (Å²) in [5.41, 5.74) is 1.61. The number of rotatable bonds is 5. The summed E-state index contributed by atoms with van der Waals surface area (Å²) in [7, 11) is -0.353. The smallest absolute Gasteiger partial charge is 0.281 e. The first-order chi connectivity index (χ1) is 11.2. The van der Waals surface area contributed by atoms with Crippen LogP contribution in [0.4, 0.5) is 5.69 Å². The van der Waals surface area contributed by atoms with Crippen LogP contribution in [0.5, 0.6) is 0 Å². The number of nitrogens with zero attached hydrogens (tertiary/aromatic N) is 3. The summed E-state index contributed by atoms with van der Waals surface area (Å²) in [4.78, 5) is 14.1. The first kappa shape index (κ1) is 19.1. The van der Waals surface area contributed by atoms with E-state index < -0.39 is 10.2 Å². The van der Waals surface area contributed by atoms with Crippen LogP contribution in [-0.4, -0.2) is 74.7 Å². The predicted octanol–water partition coefficient (Wildman–Crippen LogP) is 1.01. The minimum Gasteiger partial charge on any atom is -0.325 e. The van der Waals surface area contributed by atoms with E-state index in [-0.39, 0.29) is 12.5 Å². The maximum Gasteiger partial charge on any atom is 0.281 e. The lowest BCUT2D eigenvalue weighted by atomic mass is 10.2. The molecule has 0 radical (unpaired) electrons. The number of piperazine rings is 1. The predicted molar refractivity (Wildman–Crippen MR) is 95.4 cm³/mol. The fraction of sp³-hybridized carbons (Fsp3) is 0.533. The zero-order valence-electron chi connectivity index (χ0n) is 14.1. The quantitative estimate of drug-likeness (QED) is 0.834. The topological polar surface area (TPSA) is 73.0 Å². The van der Waals surface area contributed by atoms with Crippen molar-refractivity contribution in [2.45, 2.75) is 6.92 Å². The second kappa shape index (κ2) is 7.79. The monoisotopic (exact) mass is 374 g/mol. The molecule has 9 heteroatoms. The molecular formula is C15H23ClN4O3S. The Morgan fingerprint density at radius 2 is 1.88 bits per heavy atom. The summed E-state index contributed by atoms with van der Waals surface area (Å²) < 4.78 is 26.7. The standard InChI is InChI=1S/C15H23ClN4O3S/c1-12-4-5-13(10-14(12)16)17-15(21)11-19-6-8-20(9-7-19)24(22,23)18(2)3/h4-5,10H,6-9,11H2,1-3H3,(H,17,21). The van der Waals surface area contributed by atoms with Crippen molar-refractivity contribution >= 4 is 33.4 Å². The number of anilines is 1. The van der Waals surface area contributed by atoms with E-state index >= 15 is 0 Å². The van der Waals surface area contributed by atoms with E-state index in [4.69, 9.17) is 11.6 Å². The van der Waals surface area contributed by atoms with Crippen molar-refractivity contribution < 1.29 is 13.2 Å². The first-order valence-electron chi connectivity index (χ1n) is 7.66. The molecule has 1 aromatic rings. The number of carbonyl (C=O) groups is 1. The zero-order valence-corrected chi connectivity index (χ0v) is 15.7. The van der Waals surface area contributed by atoms with Crippen LogP contribution in [0.15, 0.2) is 18.2 Å². The number of benzene rings is 1. The van der Waals surface area contributed by atoms with Crippen molar-refractivity contribution in [2.75, 3.05) is 52.1 Å². The van der Waals surface area contributed by atoms with Crippen LogP contribution in [0.1, 0.15) is 5.56 Å². The van der Waals surface area contributed by atoms with E-state index in [9.17, 15) is 13.2 Å². The van der Waals surface area contributed by atoms with Crippen LogP contribution in [0, 0.1) is 6.92 Å². The summed E-state index contributed by atoms with van der Waals surface area (Å²) in [5, 5.41) is 3.42. The van der Waals surface area contributed by atoms with Crippen molar-refractivity contribution in [1.29, 1.82) is 0 Å². The van der Waals surface area contributed by atoms with Gasteiger partial charge in [-0.15, -0.1) is 0 Å². The summed E-state index contributed by atoms with van der Waals surface area (Å²) in [6.45, 7) is 3.93. The van der Waals surface area contributed by atoms with Crippen molar-refractivity contribution in [2.24, 2.45) is 0 Å². The Balaban J connectivity index is 1.85. The molecular weight excluding hydrogens is 352 g/mol. The molecule has 0 spiro atoms. The molecule has 7 nitrogen and oxygen atoms in total. The summed E-state index contributed by atoms with van der Waals surface area (Å²) in [6.07, 6.45) is 0. The normalized spacial score (nSPS) is 17.2. The van der Waals surface area contributed by atoms with Gasteiger partial charge in [-0.2, -0.15) is 17.0 Å². The average Bonchev–Trinajstić information content (AvgIpc) is 2.51. The fourth-order valence-corrected chi connectivity index (χ4v) is 3.69. The van der Waals surface area contributed by atoms with Gasteiger partial charge in [0.05, 0.1) is 6.54 Å². The fourth-order valence-electron chi connectivity index (χ4n) is 2.42. The van der Waals surface area contributed by atoms with Crippen LogP contribution < -0.4 is 5.32 Å². The summed E-state index contributed by atoms with van der Waals surface area (Å²) >= 11 is 6.05. The van der Waals surface area contributed by atoms with Crippen LogP contribution >= 0.6 is 11.6 Å². The third kappa shape index (κ3) is 4.67. The van der Waals surface area contributed by atoms with E-state index in [0.717, 1.165) is 5.56 Å². The number of amides is 1. The maximum atomic E-state index is 12.1. The molecule has 134 valence electrons. The summed E-state index contributed by atoms with van der Waals surface area (Å²) in [5.74, 6) is -0.140. The van der Waals surface area contributed by atoms with E-state index in [1.165, 1.54) is 22.7 Å². The molecule has 24 heavy (non-hydrogen) atoms. The number of carbonyl (C=O) groups excluding carboxylic acids is 1. The Kier molecular flexibility index (Phi) is 6.22. The number of aryl methyl sites for hydroxylation is 1. The van der Waals surface area contributed by atoms with Gasteiger partial charge in [-0.05, 0) is 24.6 Å². The van der Waals surface area contributed by atoms with Gasteiger partial charge in [0.2, 0.25) is 5.91 Å². The minimum atomic E-state index is -3.38. The van der Waals surface area contributed by atoms with Gasteiger partial charge >= 0.3 is 0 Å². The Morgan fingerprint density at radius 1 is 1.25 bits per heavy atom. The molecule has 0 bridgehead atoms. The Bertz CT molecular complexity index is 701. The summed E-state index contributed by atoms with van der Waals surface area (Å²) in [6, 6.07) is 5.37. The highest BCUT2D eigenvalue weighted by Crippen LogP contribution is 2.20. The molecule has 1 aliphatic heterocycles. The molecule has 1 amide bonds. The highest BCUT2D eigenvalue weighted by atomic mass is 35.5. The van der Waals surface area contributed by atoms with Crippen LogP contribution in [0.2, 0.25) is 5.02 Å². The molecule has 0 aliphatic carbocycles. The molecule has 1 heterocycles. The van der Waals surface area contributed by atoms with Gasteiger partial charge in [0.25, 0.3) is 10.2 Å². The van der Waals surface area contributed by atoms with E-state index in [1.54, 1.807) is 12.1 Å². The number of halogens is 1. The Morgan fingerprint density at radius 3 is 2.42 bits per heavy atom. The van der Waals surface area contributed by atoms with Crippen LogP contribution in [-0.2, 0) is 15.0 Å². The Hall–Kier alpha value is -1.19. The maximum absolute atomic E-state index is 12.1. The first-order valence-corrected chi connectivity index (χ1v) is 9.43. The van der Waals surface area contributed by atoms with E-state index in [1.807, 2.05) is 17.9 Å². The highest BCUT2D eigenvalue weighted by molar-refractivity contribution is 7.86. The molecule has 1 aliphatic rings. The SMILES string of the molecule is Cc1ccc(NC(=O)CN2CCN(S(=O)(=O)N(C)C)CC2)cc1Cl. The zero-order chi connectivity index (χ0) is 17.9. The van der Waals surface area contributed by atoms with Gasteiger partial charge in [0.1, 0.15) is 0 Å². The second-order valence-corrected chi connectivity index (χ2v) is 8.53. The largest absolute Gasteiger partial charge is 0.325 e. The molecule has 0 saturated carbocycles. The van der Waals surface area contributed by atoms with Gasteiger partial charge in [0, 0.05) is 51.0 Å². The number of hydrogen-bond donors (Lipinski definition) is 1. The Labute approximate surface area is 148 Å². The van der Waals surface area contributed by atoms with Gasteiger partial charge in [-0.25, -0.2) is 0 Å². The molecule has 1 fully saturated rings. The number of nitrogens with one attached hydrogen (secondary N) is 1. The van der Waals surface area contributed by atoms with Crippen molar-refractivity contribution in [3.8, 4) is 0 Å². The molecule has 0 unspecified atom stereocenters. The molecule has 1 saturated heterocycles. The van der Waals surface area contributed by atoms with Gasteiger partial charge < -0.3 is 5.32 Å². The van der Waals surface area contributed by atoms with Gasteiger partial charge in [-0.1, -0.05) is 17.7 Å². The van der Waals surface area contributed by atoms with Crippen molar-refractivity contribution in [3.63, 3.8) is 0 Å².